The molecule has 0 aliphatic rings. The Bertz CT molecular complexity index is 661. The van der Waals surface area contributed by atoms with Gasteiger partial charge < -0.3 is 5.32 Å². The summed E-state index contributed by atoms with van der Waals surface area (Å²) < 4.78 is 1.16. The minimum Gasteiger partial charge on any atom is -0.380 e. The molecule has 0 unspecified atom stereocenters. The molecule has 3 aromatic rings. The molecule has 0 fully saturated rings. The molecule has 2 aromatic heterocycles. The molecule has 0 radical (unpaired) electrons. The number of rotatable bonds is 4. The van der Waals surface area contributed by atoms with Gasteiger partial charge in [-0.1, -0.05) is 12.1 Å². The lowest BCUT2D eigenvalue weighted by molar-refractivity contribution is 1.09. The number of nitrogens with one attached hydrogen (secondary N) is 2. The first-order valence-corrected chi connectivity index (χ1v) is 7.50. The average molecular weight is 334 g/mol. The highest BCUT2D eigenvalue weighted by atomic mass is 79.9. The molecule has 2 heterocycles. The van der Waals surface area contributed by atoms with Gasteiger partial charge in [0, 0.05) is 28.9 Å². The molecule has 3 nitrogen and oxygen atoms in total. The lowest BCUT2D eigenvalue weighted by atomic mass is 10.1. The van der Waals surface area contributed by atoms with Crippen molar-refractivity contribution in [2.45, 2.75) is 6.54 Å². The van der Waals surface area contributed by atoms with Crippen LogP contribution in [0.5, 0.6) is 0 Å². The Hall–Kier alpha value is -1.59. The smallest absolute Gasteiger partial charge is 0.0702 e. The van der Waals surface area contributed by atoms with E-state index in [1.807, 2.05) is 12.1 Å². The van der Waals surface area contributed by atoms with Gasteiger partial charge in [-0.05, 0) is 46.3 Å². The van der Waals surface area contributed by atoms with Crippen LogP contribution in [0.3, 0.4) is 0 Å². The van der Waals surface area contributed by atoms with E-state index in [9.17, 15) is 0 Å². The number of nitrogens with zero attached hydrogens (tertiary/aromatic N) is 1. The molecule has 0 spiro atoms. The van der Waals surface area contributed by atoms with Crippen molar-refractivity contribution < 1.29 is 0 Å². The van der Waals surface area contributed by atoms with E-state index in [0.29, 0.717) is 0 Å². The third kappa shape index (κ3) is 3.05. The van der Waals surface area contributed by atoms with Crippen LogP contribution < -0.4 is 5.32 Å². The summed E-state index contributed by atoms with van der Waals surface area (Å²) in [4.78, 5) is 1.30. The van der Waals surface area contributed by atoms with Crippen molar-refractivity contribution in [1.82, 2.24) is 10.2 Å². The number of halogens is 1. The molecule has 3 rings (SSSR count). The number of hydrogen-bond acceptors (Lipinski definition) is 3. The van der Waals surface area contributed by atoms with Gasteiger partial charge in [0.05, 0.1) is 9.48 Å². The average Bonchev–Trinajstić information content (AvgIpc) is 3.08. The van der Waals surface area contributed by atoms with E-state index in [0.717, 1.165) is 27.3 Å². The second-order valence-electron chi connectivity index (χ2n) is 4.11. The molecule has 5 heteroatoms. The largest absolute Gasteiger partial charge is 0.380 e. The molecule has 0 amide bonds. The first kappa shape index (κ1) is 12.4. The van der Waals surface area contributed by atoms with Gasteiger partial charge in [0.15, 0.2) is 0 Å². The summed E-state index contributed by atoms with van der Waals surface area (Å²) in [6.07, 6.45) is 1.76. The molecule has 2 N–H and O–H groups in total. The zero-order valence-corrected chi connectivity index (χ0v) is 12.5. The van der Waals surface area contributed by atoms with Crippen LogP contribution in [0.25, 0.3) is 11.3 Å². The van der Waals surface area contributed by atoms with Gasteiger partial charge in [-0.2, -0.15) is 5.10 Å². The van der Waals surface area contributed by atoms with Crippen LogP contribution in [0.1, 0.15) is 4.88 Å². The number of thiophene rings is 1. The van der Waals surface area contributed by atoms with Crippen LogP contribution in [-0.2, 0) is 6.54 Å². The lowest BCUT2D eigenvalue weighted by Crippen LogP contribution is -1.97. The molecule has 1 aromatic carbocycles. The fourth-order valence-corrected chi connectivity index (χ4v) is 3.27. The van der Waals surface area contributed by atoms with E-state index in [2.05, 4.69) is 61.8 Å². The number of benzene rings is 1. The maximum Gasteiger partial charge on any atom is 0.0702 e. The summed E-state index contributed by atoms with van der Waals surface area (Å²) >= 11 is 5.22. The second kappa shape index (κ2) is 5.59. The maximum absolute atomic E-state index is 3.98. The van der Waals surface area contributed by atoms with Gasteiger partial charge in [-0.3, -0.25) is 5.10 Å². The first-order valence-electron chi connectivity index (χ1n) is 5.89. The number of anilines is 1. The Labute approximate surface area is 123 Å². The molecule has 19 heavy (non-hydrogen) atoms. The highest BCUT2D eigenvalue weighted by Gasteiger charge is 2.01. The molecule has 0 saturated carbocycles. The van der Waals surface area contributed by atoms with Crippen molar-refractivity contribution in [2.75, 3.05) is 5.32 Å². The predicted molar refractivity (Wildman–Crippen MR) is 83.4 cm³/mol. The second-order valence-corrected chi connectivity index (χ2v) is 6.66. The summed E-state index contributed by atoms with van der Waals surface area (Å²) in [6.45, 7) is 0.836. The monoisotopic (exact) mass is 333 g/mol. The Morgan fingerprint density at radius 2 is 2.16 bits per heavy atom. The number of aromatic amines is 1. The molecule has 0 bridgehead atoms. The summed E-state index contributed by atoms with van der Waals surface area (Å²) in [5, 5.41) is 10.4. The Kier molecular flexibility index (Phi) is 3.66. The fourth-order valence-electron chi connectivity index (χ4n) is 1.85. The first-order chi connectivity index (χ1) is 9.31. The van der Waals surface area contributed by atoms with Crippen molar-refractivity contribution in [3.63, 3.8) is 0 Å². The standard InChI is InChI=1S/C14H12BrN3S/c15-14-5-4-12(19-14)9-16-11-3-1-2-10(8-11)13-6-7-17-18-13/h1-8,16H,9H2,(H,17,18). The van der Waals surface area contributed by atoms with Gasteiger partial charge in [0.2, 0.25) is 0 Å². The van der Waals surface area contributed by atoms with Gasteiger partial charge >= 0.3 is 0 Å². The number of H-pyrrole nitrogens is 1. The summed E-state index contributed by atoms with van der Waals surface area (Å²) in [7, 11) is 0. The van der Waals surface area contributed by atoms with Crippen LogP contribution in [0.15, 0.2) is 52.4 Å². The van der Waals surface area contributed by atoms with E-state index in [-0.39, 0.29) is 0 Å². The van der Waals surface area contributed by atoms with E-state index < -0.39 is 0 Å². The van der Waals surface area contributed by atoms with Crippen LogP contribution in [0.2, 0.25) is 0 Å². The minimum absolute atomic E-state index is 0.836. The third-order valence-corrected chi connectivity index (χ3v) is 4.39. The molecular formula is C14H12BrN3S. The quantitative estimate of drug-likeness (QED) is 0.737. The highest BCUT2D eigenvalue weighted by Crippen LogP contribution is 2.24. The van der Waals surface area contributed by atoms with Crippen LogP contribution >= 0.6 is 27.3 Å². The van der Waals surface area contributed by atoms with Crippen molar-refractivity contribution in [3.8, 4) is 11.3 Å². The van der Waals surface area contributed by atoms with Gasteiger partial charge in [-0.15, -0.1) is 11.3 Å². The zero-order valence-electron chi connectivity index (χ0n) is 10.1. The van der Waals surface area contributed by atoms with Gasteiger partial charge in [0.25, 0.3) is 0 Å². The van der Waals surface area contributed by atoms with Crippen molar-refractivity contribution >= 4 is 33.0 Å². The van der Waals surface area contributed by atoms with Gasteiger partial charge in [-0.25, -0.2) is 0 Å². The van der Waals surface area contributed by atoms with Crippen LogP contribution in [0, 0.1) is 0 Å². The molecule has 0 atom stereocenters. The number of hydrogen-bond donors (Lipinski definition) is 2. The Morgan fingerprint density at radius 1 is 1.21 bits per heavy atom. The fraction of sp³-hybridized carbons (Fsp3) is 0.0714. The van der Waals surface area contributed by atoms with E-state index in [1.54, 1.807) is 17.5 Å². The Balaban J connectivity index is 1.73. The molecular weight excluding hydrogens is 322 g/mol. The summed E-state index contributed by atoms with van der Waals surface area (Å²) in [5.41, 5.74) is 3.27. The normalized spacial score (nSPS) is 10.6. The molecule has 0 saturated heterocycles. The topological polar surface area (TPSA) is 40.7 Å². The zero-order chi connectivity index (χ0) is 13.1. The molecule has 96 valence electrons. The number of aromatic nitrogens is 2. The van der Waals surface area contributed by atoms with Crippen molar-refractivity contribution in [2.24, 2.45) is 0 Å². The van der Waals surface area contributed by atoms with E-state index >= 15 is 0 Å². The molecule has 0 aliphatic heterocycles. The van der Waals surface area contributed by atoms with Gasteiger partial charge in [0.1, 0.15) is 0 Å². The third-order valence-electron chi connectivity index (χ3n) is 2.77. The van der Waals surface area contributed by atoms with Crippen LogP contribution in [0.4, 0.5) is 5.69 Å². The molecule has 0 aliphatic carbocycles. The Morgan fingerprint density at radius 3 is 2.89 bits per heavy atom. The maximum atomic E-state index is 3.98. The van der Waals surface area contributed by atoms with Crippen LogP contribution in [-0.4, -0.2) is 10.2 Å². The minimum atomic E-state index is 0.836. The van der Waals surface area contributed by atoms with E-state index in [4.69, 9.17) is 0 Å². The lowest BCUT2D eigenvalue weighted by Gasteiger charge is -2.06. The SMILES string of the molecule is Brc1ccc(CNc2cccc(-c3ccn[nH]3)c2)s1. The summed E-state index contributed by atoms with van der Waals surface area (Å²) in [5.74, 6) is 0. The van der Waals surface area contributed by atoms with Crippen molar-refractivity contribution in [1.29, 1.82) is 0 Å². The van der Waals surface area contributed by atoms with Crippen molar-refractivity contribution in [3.05, 3.63) is 57.3 Å². The predicted octanol–water partition coefficient (Wildman–Crippen LogP) is 4.51. The van der Waals surface area contributed by atoms with E-state index in [1.165, 1.54) is 4.88 Å². The summed E-state index contributed by atoms with van der Waals surface area (Å²) in [6, 6.07) is 14.5. The highest BCUT2D eigenvalue weighted by molar-refractivity contribution is 9.11.